The molecular formula is C19H31NO2. The Morgan fingerprint density at radius 3 is 2.41 bits per heavy atom. The van der Waals surface area contributed by atoms with E-state index in [2.05, 4.69) is 13.8 Å². The lowest BCUT2D eigenvalue weighted by Gasteiger charge is -2.59. The molecule has 4 saturated carbocycles. The second kappa shape index (κ2) is 4.95. The average molecular weight is 305 g/mol. The summed E-state index contributed by atoms with van der Waals surface area (Å²) in [6.45, 7) is 4.83. The maximum atomic E-state index is 11.5. The second-order valence-electron chi connectivity index (χ2n) is 9.33. The molecule has 4 rings (SSSR count). The molecule has 4 aliphatic rings. The molecule has 0 N–H and O–H groups in total. The van der Waals surface area contributed by atoms with E-state index < -0.39 is 0 Å². The normalized spacial score (nSPS) is 54.2. The van der Waals surface area contributed by atoms with Crippen LogP contribution in [0, 0.1) is 44.6 Å². The smallest absolute Gasteiger partial charge is 0.218 e. The zero-order valence-electron chi connectivity index (χ0n) is 14.2. The van der Waals surface area contributed by atoms with Gasteiger partial charge in [0.1, 0.15) is 0 Å². The lowest BCUT2D eigenvalue weighted by Crippen LogP contribution is -2.54. The Morgan fingerprint density at radius 1 is 0.864 bits per heavy atom. The van der Waals surface area contributed by atoms with Crippen LogP contribution in [0.1, 0.15) is 78.1 Å². The highest BCUT2D eigenvalue weighted by Crippen LogP contribution is 2.66. The van der Waals surface area contributed by atoms with Gasteiger partial charge < -0.3 is 0 Å². The molecule has 0 spiro atoms. The van der Waals surface area contributed by atoms with Crippen LogP contribution in [-0.2, 0) is 0 Å². The van der Waals surface area contributed by atoms with Crippen LogP contribution in [0.2, 0.25) is 0 Å². The van der Waals surface area contributed by atoms with Crippen LogP contribution in [0.4, 0.5) is 0 Å². The molecule has 0 heterocycles. The van der Waals surface area contributed by atoms with E-state index in [1.165, 1.54) is 44.9 Å². The van der Waals surface area contributed by atoms with Gasteiger partial charge in [0.15, 0.2) is 0 Å². The fraction of sp³-hybridized carbons (Fsp3) is 1.00. The van der Waals surface area contributed by atoms with Gasteiger partial charge in [-0.25, -0.2) is 0 Å². The van der Waals surface area contributed by atoms with Gasteiger partial charge >= 0.3 is 0 Å². The number of nitrogens with zero attached hydrogens (tertiary/aromatic N) is 1. The van der Waals surface area contributed by atoms with Crippen LogP contribution >= 0.6 is 0 Å². The van der Waals surface area contributed by atoms with E-state index in [1.54, 1.807) is 0 Å². The van der Waals surface area contributed by atoms with E-state index in [0.29, 0.717) is 11.3 Å². The monoisotopic (exact) mass is 305 g/mol. The summed E-state index contributed by atoms with van der Waals surface area (Å²) in [7, 11) is 0. The maximum absolute atomic E-state index is 11.5. The third-order valence-corrected chi connectivity index (χ3v) is 8.79. The van der Waals surface area contributed by atoms with Gasteiger partial charge in [0.25, 0.3) is 0 Å². The Kier molecular flexibility index (Phi) is 3.36. The molecule has 0 bridgehead atoms. The highest BCUT2D eigenvalue weighted by Gasteiger charge is 2.62. The largest absolute Gasteiger partial charge is 0.264 e. The van der Waals surface area contributed by atoms with Crippen molar-refractivity contribution in [2.45, 2.75) is 84.1 Å². The van der Waals surface area contributed by atoms with E-state index in [9.17, 15) is 10.1 Å². The van der Waals surface area contributed by atoms with Crippen molar-refractivity contribution >= 4 is 0 Å². The minimum Gasteiger partial charge on any atom is -0.264 e. The van der Waals surface area contributed by atoms with Crippen LogP contribution < -0.4 is 0 Å². The molecule has 0 amide bonds. The van der Waals surface area contributed by atoms with Crippen LogP contribution in [-0.4, -0.2) is 11.0 Å². The Balaban J connectivity index is 1.63. The summed E-state index contributed by atoms with van der Waals surface area (Å²) in [5, 5.41) is 11.5. The molecule has 4 aliphatic carbocycles. The Bertz CT molecular complexity index is 478. The number of rotatable bonds is 1. The summed E-state index contributed by atoms with van der Waals surface area (Å²) in [4.78, 5) is 11.6. The van der Waals surface area contributed by atoms with Crippen LogP contribution in [0.5, 0.6) is 0 Å². The van der Waals surface area contributed by atoms with Crippen molar-refractivity contribution in [2.24, 2.45) is 34.5 Å². The quantitative estimate of drug-likeness (QED) is 0.501. The molecule has 0 aliphatic heterocycles. The standard InChI is InChI=1S/C19H31NO2/c1-18-11-4-3-5-13(18)6-7-14-15-8-9-17(20(21)22)19(15,2)12-10-16(14)18/h13-17H,3-12H2,1-2H3. The predicted molar refractivity (Wildman–Crippen MR) is 87.1 cm³/mol. The number of hydrogen-bond acceptors (Lipinski definition) is 2. The SMILES string of the molecule is CC12CCCCC1CCC1C2CCC2(C)C1CCC2[N+](=O)[O-]. The number of hydrogen-bond donors (Lipinski definition) is 0. The van der Waals surface area contributed by atoms with Gasteiger partial charge in [0.05, 0.1) is 0 Å². The molecule has 0 aromatic rings. The van der Waals surface area contributed by atoms with Crippen LogP contribution in [0.25, 0.3) is 0 Å². The topological polar surface area (TPSA) is 43.1 Å². The lowest BCUT2D eigenvalue weighted by atomic mass is 9.45. The van der Waals surface area contributed by atoms with Gasteiger partial charge in [-0.15, -0.1) is 0 Å². The van der Waals surface area contributed by atoms with Gasteiger partial charge in [-0.2, -0.15) is 0 Å². The van der Waals surface area contributed by atoms with Gasteiger partial charge in [-0.05, 0) is 74.0 Å². The molecular weight excluding hydrogens is 274 g/mol. The summed E-state index contributed by atoms with van der Waals surface area (Å²) >= 11 is 0. The molecule has 22 heavy (non-hydrogen) atoms. The molecule has 3 heteroatoms. The third-order valence-electron chi connectivity index (χ3n) is 8.79. The third kappa shape index (κ3) is 1.86. The lowest BCUT2D eigenvalue weighted by molar-refractivity contribution is -0.540. The average Bonchev–Trinajstić information content (AvgIpc) is 2.84. The van der Waals surface area contributed by atoms with Crippen molar-refractivity contribution in [2.75, 3.05) is 0 Å². The van der Waals surface area contributed by atoms with Crippen LogP contribution in [0.3, 0.4) is 0 Å². The van der Waals surface area contributed by atoms with Gasteiger partial charge in [-0.1, -0.05) is 26.7 Å². The zero-order valence-corrected chi connectivity index (χ0v) is 14.2. The molecule has 4 fully saturated rings. The molecule has 124 valence electrons. The summed E-state index contributed by atoms with van der Waals surface area (Å²) in [6.07, 6.45) is 12.8. The van der Waals surface area contributed by atoms with E-state index in [4.69, 9.17) is 0 Å². The van der Waals surface area contributed by atoms with Gasteiger partial charge in [-0.3, -0.25) is 10.1 Å². The maximum Gasteiger partial charge on any atom is 0.218 e. The summed E-state index contributed by atoms with van der Waals surface area (Å²) in [5.74, 6) is 3.21. The van der Waals surface area contributed by atoms with Crippen molar-refractivity contribution in [3.8, 4) is 0 Å². The predicted octanol–water partition coefficient (Wildman–Crippen LogP) is 5.06. The van der Waals surface area contributed by atoms with Crippen molar-refractivity contribution in [3.05, 3.63) is 10.1 Å². The molecule has 0 saturated heterocycles. The van der Waals surface area contributed by atoms with Crippen molar-refractivity contribution in [3.63, 3.8) is 0 Å². The fourth-order valence-electron chi connectivity index (χ4n) is 7.61. The zero-order chi connectivity index (χ0) is 15.5. The molecule has 0 radical (unpaired) electrons. The molecule has 0 aromatic heterocycles. The van der Waals surface area contributed by atoms with E-state index in [1.807, 2.05) is 0 Å². The first-order valence-corrected chi connectivity index (χ1v) is 9.60. The van der Waals surface area contributed by atoms with E-state index in [-0.39, 0.29) is 16.4 Å². The Labute approximate surface area is 134 Å². The summed E-state index contributed by atoms with van der Waals surface area (Å²) < 4.78 is 0. The van der Waals surface area contributed by atoms with Gasteiger partial charge in [0, 0.05) is 16.8 Å². The van der Waals surface area contributed by atoms with E-state index >= 15 is 0 Å². The first-order valence-electron chi connectivity index (χ1n) is 9.60. The highest BCUT2D eigenvalue weighted by molar-refractivity contribution is 5.09. The van der Waals surface area contributed by atoms with E-state index in [0.717, 1.165) is 37.0 Å². The minimum absolute atomic E-state index is 0.0114. The van der Waals surface area contributed by atoms with Gasteiger partial charge in [0.2, 0.25) is 6.04 Å². The Hall–Kier alpha value is -0.600. The Morgan fingerprint density at radius 2 is 1.64 bits per heavy atom. The van der Waals surface area contributed by atoms with Crippen molar-refractivity contribution in [1.29, 1.82) is 0 Å². The molecule has 3 nitrogen and oxygen atoms in total. The summed E-state index contributed by atoms with van der Waals surface area (Å²) in [5.41, 5.74) is 0.539. The van der Waals surface area contributed by atoms with Crippen molar-refractivity contribution in [1.82, 2.24) is 0 Å². The van der Waals surface area contributed by atoms with Crippen LogP contribution in [0.15, 0.2) is 0 Å². The molecule has 7 unspecified atom stereocenters. The molecule has 0 aromatic carbocycles. The first-order chi connectivity index (χ1) is 10.5. The fourth-order valence-corrected chi connectivity index (χ4v) is 7.61. The number of nitro groups is 1. The summed E-state index contributed by atoms with van der Waals surface area (Å²) in [6, 6.07) is -0.268. The van der Waals surface area contributed by atoms with Crippen molar-refractivity contribution < 1.29 is 4.92 Å². The molecule has 7 atom stereocenters. The minimum atomic E-state index is -0.268. The first kappa shape index (κ1) is 15.0. The second-order valence-corrected chi connectivity index (χ2v) is 9.33. The number of fused-ring (bicyclic) bond motifs is 5. The highest BCUT2D eigenvalue weighted by atomic mass is 16.6.